The summed E-state index contributed by atoms with van der Waals surface area (Å²) in [5, 5.41) is 0. The molecule has 0 saturated heterocycles. The third-order valence-corrected chi connectivity index (χ3v) is 27.3. The fourth-order valence-electron chi connectivity index (χ4n) is 3.88. The normalized spacial score (nSPS) is 21.3. The number of aromatic nitrogens is 1. The van der Waals surface area contributed by atoms with Crippen molar-refractivity contribution in [1.29, 1.82) is 0 Å². The Morgan fingerprint density at radius 3 is 2.18 bits per heavy atom. The van der Waals surface area contributed by atoms with Gasteiger partial charge < -0.3 is 0 Å². The van der Waals surface area contributed by atoms with Gasteiger partial charge in [-0.1, -0.05) is 0 Å². The Balaban J connectivity index is 0.00000121. The number of allylic oxidation sites excluding steroid dienone is 1. The zero-order chi connectivity index (χ0) is 14.8. The van der Waals surface area contributed by atoms with Crippen LogP contribution in [-0.4, -0.2) is 11.9 Å². The molecule has 1 heterocycles. The van der Waals surface area contributed by atoms with Crippen molar-refractivity contribution in [2.75, 3.05) is 0 Å². The van der Waals surface area contributed by atoms with Crippen molar-refractivity contribution >= 4 is 41.2 Å². The monoisotopic (exact) mass is 433 g/mol. The topological polar surface area (TPSA) is 15.8 Å². The van der Waals surface area contributed by atoms with Crippen LogP contribution >= 0.6 is 24.8 Å². The number of halogens is 2. The number of benzene rings is 1. The van der Waals surface area contributed by atoms with Gasteiger partial charge in [0.25, 0.3) is 0 Å². The molecule has 3 rings (SSSR count). The van der Waals surface area contributed by atoms with Crippen LogP contribution in [-0.2, 0) is 14.4 Å². The molecule has 0 fully saturated rings. The van der Waals surface area contributed by atoms with Gasteiger partial charge in [0.05, 0.1) is 0 Å². The van der Waals surface area contributed by atoms with E-state index in [-0.39, 0.29) is 24.8 Å². The van der Waals surface area contributed by atoms with E-state index in [2.05, 4.69) is 85.1 Å². The minimum atomic E-state index is -4.10. The molecule has 1 atom stereocenters. The standard InChI is InChI=1S/C9H7.C4H4N.4CH3.2ClH.H2Si.Zr/c1-2-5-9-7-3-6-8(9)4-1;1-2-4-5-3-1;;;;;;;;/h1-7H;1-3,5H;4*1H3;2*1H;1H2;. The molecular formula is C17H27Cl2NSiZr. The van der Waals surface area contributed by atoms with Gasteiger partial charge in [-0.05, 0) is 0 Å². The van der Waals surface area contributed by atoms with Gasteiger partial charge in [0.1, 0.15) is 0 Å². The molecule has 0 aliphatic heterocycles. The van der Waals surface area contributed by atoms with E-state index in [1.807, 2.05) is 0 Å². The SMILES string of the molecule is Cl.Cl.[CH3][Zr]([CH3])([CH3])([CH3])(=[SiH2])([c]1ccc[nH]1)[CH]1C=Cc2ccccc21. The number of rotatable bonds is 2. The van der Waals surface area contributed by atoms with Gasteiger partial charge in [0.15, 0.2) is 0 Å². The van der Waals surface area contributed by atoms with Crippen molar-refractivity contribution in [3.63, 3.8) is 0 Å². The Bertz CT molecular complexity index is 838. The van der Waals surface area contributed by atoms with Crippen molar-refractivity contribution in [2.45, 2.75) is 22.2 Å². The van der Waals surface area contributed by atoms with Crippen molar-refractivity contribution in [1.82, 2.24) is 4.98 Å². The zero-order valence-electron chi connectivity index (χ0n) is 13.8. The van der Waals surface area contributed by atoms with E-state index < -0.39 is 14.4 Å². The van der Waals surface area contributed by atoms with E-state index in [1.54, 1.807) is 0 Å². The average Bonchev–Trinajstić information content (AvgIpc) is 2.98. The molecule has 0 radical (unpaired) electrons. The van der Waals surface area contributed by atoms with Gasteiger partial charge in [-0.2, -0.15) is 0 Å². The zero-order valence-corrected chi connectivity index (χ0v) is 19.3. The molecule has 0 saturated carbocycles. The van der Waals surface area contributed by atoms with E-state index in [9.17, 15) is 0 Å². The number of hydrogen-bond acceptors (Lipinski definition) is 0. The molecule has 1 aromatic heterocycles. The second kappa shape index (κ2) is 4.51. The van der Waals surface area contributed by atoms with Gasteiger partial charge >= 0.3 is 118 Å². The molecule has 0 bridgehead atoms. The number of hydrogen-bond donors (Lipinski definition) is 1. The van der Waals surface area contributed by atoms with Crippen molar-refractivity contribution < 1.29 is 14.4 Å². The summed E-state index contributed by atoms with van der Waals surface area (Å²) in [6.07, 6.45) is 6.82. The molecule has 1 nitrogen and oxygen atoms in total. The second-order valence-corrected chi connectivity index (χ2v) is 69.6. The molecule has 0 spiro atoms. The Morgan fingerprint density at radius 1 is 0.955 bits per heavy atom. The molecule has 1 unspecified atom stereocenters. The number of nitrogens with one attached hydrogen (secondary N) is 1. The number of fused-ring (bicyclic) bond motifs is 1. The first kappa shape index (κ1) is 20.0. The summed E-state index contributed by atoms with van der Waals surface area (Å²) in [5.41, 5.74) is 2.88. The third kappa shape index (κ3) is 2.75. The van der Waals surface area contributed by atoms with Crippen LogP contribution in [0.15, 0.2) is 48.7 Å². The van der Waals surface area contributed by atoms with Gasteiger partial charge in [0.2, 0.25) is 0 Å². The third-order valence-electron chi connectivity index (χ3n) is 5.44. The van der Waals surface area contributed by atoms with Crippen LogP contribution in [0.2, 0.25) is 18.5 Å². The molecule has 22 heavy (non-hydrogen) atoms. The van der Waals surface area contributed by atoms with Gasteiger partial charge in [-0.15, -0.1) is 24.8 Å². The molecule has 1 aliphatic rings. The minimum absolute atomic E-state index is 0. The second-order valence-electron chi connectivity index (χ2n) is 10.6. The summed E-state index contributed by atoms with van der Waals surface area (Å²) in [5.74, 6) is 0. The molecule has 1 N–H and O–H groups in total. The predicted molar refractivity (Wildman–Crippen MR) is 105 cm³/mol. The molecule has 122 valence electrons. The summed E-state index contributed by atoms with van der Waals surface area (Å²) in [6.45, 7) is 2.28. The quantitative estimate of drug-likeness (QED) is 0.655. The Labute approximate surface area is 141 Å². The molecule has 1 aliphatic carbocycles. The van der Waals surface area contributed by atoms with E-state index >= 15 is 0 Å². The fraction of sp³-hybridized carbons (Fsp3) is 0.294. The summed E-state index contributed by atoms with van der Waals surface area (Å²) < 4.78 is 12.2. The first-order chi connectivity index (χ1) is 8.94. The molecular weight excluding hydrogens is 408 g/mol. The molecule has 1 aromatic carbocycles. The van der Waals surface area contributed by atoms with Crippen LogP contribution in [0.25, 0.3) is 6.08 Å². The van der Waals surface area contributed by atoms with Crippen molar-refractivity contribution in [3.05, 3.63) is 59.8 Å². The first-order valence-corrected chi connectivity index (χ1v) is 25.9. The van der Waals surface area contributed by atoms with Crippen LogP contribution in [0.5, 0.6) is 0 Å². The Morgan fingerprint density at radius 2 is 1.59 bits per heavy atom. The molecule has 2 aromatic rings. The summed E-state index contributed by atoms with van der Waals surface area (Å²) in [4.78, 5) is 3.56. The van der Waals surface area contributed by atoms with Crippen molar-refractivity contribution in [2.24, 2.45) is 0 Å². The summed E-state index contributed by atoms with van der Waals surface area (Å²) >= 11 is -4.10. The maximum absolute atomic E-state index is 4.10. The fourth-order valence-corrected chi connectivity index (χ4v) is 19.9. The summed E-state index contributed by atoms with van der Waals surface area (Å²) in [7, 11) is 0. The van der Waals surface area contributed by atoms with Crippen LogP contribution < -0.4 is 3.40 Å². The first-order valence-electron chi connectivity index (χ1n) is 7.46. The number of aromatic amines is 1. The Kier molecular flexibility index (Phi) is 4.09. The van der Waals surface area contributed by atoms with E-state index in [0.29, 0.717) is 3.63 Å². The maximum atomic E-state index is 3.56. The van der Waals surface area contributed by atoms with E-state index in [1.165, 1.54) is 14.5 Å². The molecule has 5 heteroatoms. The molecule has 0 amide bonds. The Hall–Kier alpha value is -0.0800. The average molecular weight is 436 g/mol. The van der Waals surface area contributed by atoms with Crippen molar-refractivity contribution in [3.8, 4) is 0 Å². The van der Waals surface area contributed by atoms with Crippen LogP contribution in [0.4, 0.5) is 0 Å². The van der Waals surface area contributed by atoms with Gasteiger partial charge in [-0.3, -0.25) is 0 Å². The van der Waals surface area contributed by atoms with Crippen LogP contribution in [0.1, 0.15) is 14.8 Å². The van der Waals surface area contributed by atoms with E-state index in [0.717, 1.165) is 0 Å². The number of H-pyrrole nitrogens is 1. The van der Waals surface area contributed by atoms with Gasteiger partial charge in [-0.25, -0.2) is 0 Å². The van der Waals surface area contributed by atoms with Crippen LogP contribution in [0.3, 0.4) is 0 Å². The van der Waals surface area contributed by atoms with Gasteiger partial charge in [0, 0.05) is 0 Å². The van der Waals surface area contributed by atoms with E-state index in [4.69, 9.17) is 0 Å². The van der Waals surface area contributed by atoms with Crippen LogP contribution in [0, 0.1) is 0 Å². The predicted octanol–water partition coefficient (Wildman–Crippen LogP) is 4.75. The summed E-state index contributed by atoms with van der Waals surface area (Å²) in [6, 6.07) is 13.3.